The van der Waals surface area contributed by atoms with Crippen molar-refractivity contribution in [1.82, 2.24) is 19.9 Å². The maximum Gasteiger partial charge on any atom is 0.481 e. The van der Waals surface area contributed by atoms with Crippen LogP contribution in [-0.2, 0) is 37.0 Å². The number of amides is 2. The molecule has 7 atom stereocenters. The van der Waals surface area contributed by atoms with Crippen LogP contribution >= 0.6 is 0 Å². The van der Waals surface area contributed by atoms with E-state index >= 15 is 0 Å². The summed E-state index contributed by atoms with van der Waals surface area (Å²) in [6.45, 7) is 10.3. The van der Waals surface area contributed by atoms with Crippen molar-refractivity contribution >= 4 is 41.2 Å². The van der Waals surface area contributed by atoms with Crippen LogP contribution in [0.2, 0.25) is 0 Å². The maximum absolute atomic E-state index is 14.4. The summed E-state index contributed by atoms with van der Waals surface area (Å²) in [7, 11) is -0.685. The van der Waals surface area contributed by atoms with Crippen molar-refractivity contribution < 1.29 is 32.1 Å². The third-order valence-electron chi connectivity index (χ3n) is 13.1. The number of aromatic nitrogens is 3. The van der Waals surface area contributed by atoms with Crippen LogP contribution in [0, 0.1) is 17.3 Å². The first-order valence-corrected chi connectivity index (χ1v) is 19.3. The van der Waals surface area contributed by atoms with E-state index in [0.29, 0.717) is 29.6 Å². The average Bonchev–Trinajstić information content (AvgIpc) is 3.67. The molecule has 56 heavy (non-hydrogen) atoms. The number of nitrogens with one attached hydrogen (secondary N) is 3. The van der Waals surface area contributed by atoms with E-state index in [1.165, 1.54) is 22.9 Å². The minimum Gasteiger partial charge on any atom is -0.404 e. The highest BCUT2D eigenvalue weighted by Crippen LogP contribution is 2.65. The van der Waals surface area contributed by atoms with Gasteiger partial charge in [0, 0.05) is 30.0 Å². The number of anilines is 2. The van der Waals surface area contributed by atoms with E-state index < -0.39 is 53.3 Å². The summed E-state index contributed by atoms with van der Waals surface area (Å²) in [5.41, 5.74) is -2.47. The summed E-state index contributed by atoms with van der Waals surface area (Å²) in [4.78, 5) is 51.5. The summed E-state index contributed by atoms with van der Waals surface area (Å²) >= 11 is 0. The molecule has 15 heteroatoms. The molecule has 1 saturated heterocycles. The summed E-state index contributed by atoms with van der Waals surface area (Å²) < 4.78 is 54.8. The minimum absolute atomic E-state index is 0.00530. The highest BCUT2D eigenvalue weighted by Gasteiger charge is 2.68. The molecule has 2 bridgehead atoms. The lowest BCUT2D eigenvalue weighted by Crippen LogP contribution is -2.65. The molecule has 2 aromatic heterocycles. The predicted molar refractivity (Wildman–Crippen MR) is 206 cm³/mol. The molecule has 0 radical (unpaired) electrons. The first-order valence-electron chi connectivity index (χ1n) is 19.3. The molecule has 0 spiro atoms. The number of fused-ring (bicyclic) bond motifs is 2. The van der Waals surface area contributed by atoms with Crippen LogP contribution in [0.15, 0.2) is 71.8 Å². The summed E-state index contributed by atoms with van der Waals surface area (Å²) in [6.07, 6.45) is 0.755. The third-order valence-corrected chi connectivity index (χ3v) is 13.1. The molecular formula is C41H46BF3N6O5. The Morgan fingerprint density at radius 3 is 2.59 bits per heavy atom. The zero-order valence-electron chi connectivity index (χ0n) is 32.1. The van der Waals surface area contributed by atoms with Crippen LogP contribution in [0.3, 0.4) is 0 Å². The molecule has 2 aliphatic heterocycles. The number of nitrogens with zero attached hydrogens (tertiary/aromatic N) is 3. The monoisotopic (exact) mass is 770 g/mol. The van der Waals surface area contributed by atoms with Crippen LogP contribution < -0.4 is 21.5 Å². The molecular weight excluding hydrogens is 724 g/mol. The Morgan fingerprint density at radius 1 is 1.05 bits per heavy atom. The quantitative estimate of drug-likeness (QED) is 0.150. The van der Waals surface area contributed by atoms with Crippen LogP contribution in [0.25, 0.3) is 10.8 Å². The predicted octanol–water partition coefficient (Wildman–Crippen LogP) is 6.82. The topological polar surface area (TPSA) is 136 Å². The van der Waals surface area contributed by atoms with Gasteiger partial charge in [0.05, 0.1) is 29.4 Å². The first-order chi connectivity index (χ1) is 26.5. The molecule has 294 valence electrons. The van der Waals surface area contributed by atoms with Crippen molar-refractivity contribution in [3.63, 3.8) is 0 Å². The van der Waals surface area contributed by atoms with Gasteiger partial charge in [-0.05, 0) is 79.0 Å². The van der Waals surface area contributed by atoms with E-state index in [1.807, 2.05) is 37.3 Å². The number of alkyl halides is 3. The second-order valence-electron chi connectivity index (χ2n) is 17.0. The number of carbonyl (C=O) groups is 2. The Hall–Kier alpha value is -4.76. The van der Waals surface area contributed by atoms with Crippen molar-refractivity contribution in [2.45, 2.75) is 109 Å². The number of pyridine rings is 1. The molecule has 2 aromatic carbocycles. The van der Waals surface area contributed by atoms with E-state index in [2.05, 4.69) is 46.7 Å². The number of hydrogen-bond donors (Lipinski definition) is 3. The molecule has 11 nitrogen and oxygen atoms in total. The van der Waals surface area contributed by atoms with Gasteiger partial charge in [-0.1, -0.05) is 64.1 Å². The Kier molecular flexibility index (Phi) is 9.34. The molecule has 9 rings (SSSR count). The van der Waals surface area contributed by atoms with Gasteiger partial charge in [-0.3, -0.25) is 19.0 Å². The molecule has 2 amide bonds. The number of benzene rings is 2. The van der Waals surface area contributed by atoms with Gasteiger partial charge in [-0.2, -0.15) is 13.2 Å². The zero-order valence-corrected chi connectivity index (χ0v) is 32.1. The van der Waals surface area contributed by atoms with Gasteiger partial charge in [-0.25, -0.2) is 9.97 Å². The molecule has 3 aliphatic carbocycles. The lowest BCUT2D eigenvalue weighted by Gasteiger charge is -2.64. The van der Waals surface area contributed by atoms with Crippen molar-refractivity contribution in [3.8, 4) is 0 Å². The van der Waals surface area contributed by atoms with Crippen molar-refractivity contribution in [3.05, 3.63) is 94.3 Å². The van der Waals surface area contributed by atoms with Gasteiger partial charge in [0.2, 0.25) is 11.8 Å². The van der Waals surface area contributed by atoms with Crippen molar-refractivity contribution in [1.29, 1.82) is 0 Å². The molecule has 4 aromatic rings. The summed E-state index contributed by atoms with van der Waals surface area (Å²) in [5, 5.41) is 10.7. The standard InChI is InChI=1S/C41H46BF3N6O5/c1-6-32(42-55-31-18-26-17-30(38(26,2)3)40(31,5)56-42)49-35(53)29-19-39(4,20-33(52)50-34-27-13-8-7-11-24(27)14-15-46-34)37-48-22-28(36(54)51(29)37)47-21-23-10-9-12-25(16-23)41(43,44)45/h7-16,22,26,29-32,47H,6,17-21H2,1-5H3,(H,49,53)(H,46,50,52)/t26-,29-,30-,31+,32-,39-,40-/m0/s1. The van der Waals surface area contributed by atoms with E-state index in [-0.39, 0.29) is 48.3 Å². The highest BCUT2D eigenvalue weighted by atomic mass is 19.4. The number of rotatable bonds is 10. The second-order valence-corrected chi connectivity index (χ2v) is 17.0. The lowest BCUT2D eigenvalue weighted by atomic mass is 9.43. The number of halogens is 3. The van der Waals surface area contributed by atoms with E-state index in [1.54, 1.807) is 13.1 Å². The summed E-state index contributed by atoms with van der Waals surface area (Å²) in [5.74, 6) is 0.180. The maximum atomic E-state index is 14.4. The van der Waals surface area contributed by atoms with E-state index in [4.69, 9.17) is 9.31 Å². The van der Waals surface area contributed by atoms with Crippen LogP contribution in [-0.4, -0.2) is 51.1 Å². The molecule has 4 fully saturated rings. The zero-order chi connectivity index (χ0) is 39.8. The number of hydrogen-bond acceptors (Lipinski definition) is 8. The normalized spacial score (nSPS) is 27.9. The minimum atomic E-state index is -4.52. The molecule has 3 N–H and O–H groups in total. The molecule has 5 aliphatic rings. The Balaban J connectivity index is 1.07. The fourth-order valence-corrected chi connectivity index (χ4v) is 9.81. The highest BCUT2D eigenvalue weighted by molar-refractivity contribution is 6.47. The van der Waals surface area contributed by atoms with Crippen LogP contribution in [0.1, 0.15) is 89.7 Å². The SMILES string of the molecule is CC[C@H](NC(=O)[C@@H]1C[C@@](C)(CC(=O)Nc2nccc3ccccc23)c2ncc(NCc3cccc(C(F)(F)F)c3)c(=O)n21)B1O[C@@H]2C[C@@H]3C[C@@H](C3(C)C)[C@]2(C)O1. The molecule has 4 heterocycles. The van der Waals surface area contributed by atoms with Gasteiger partial charge in [0.15, 0.2) is 0 Å². The average molecular weight is 771 g/mol. The number of carbonyl (C=O) groups excluding carboxylic acids is 2. The Labute approximate surface area is 323 Å². The fourth-order valence-electron chi connectivity index (χ4n) is 9.81. The van der Waals surface area contributed by atoms with Gasteiger partial charge in [0.1, 0.15) is 23.4 Å². The Bertz CT molecular complexity index is 2260. The van der Waals surface area contributed by atoms with E-state index in [0.717, 1.165) is 35.7 Å². The Morgan fingerprint density at radius 2 is 1.84 bits per heavy atom. The van der Waals surface area contributed by atoms with Crippen LogP contribution in [0.5, 0.6) is 0 Å². The van der Waals surface area contributed by atoms with E-state index in [9.17, 15) is 27.6 Å². The second kappa shape index (κ2) is 13.7. The smallest absolute Gasteiger partial charge is 0.404 e. The van der Waals surface area contributed by atoms with Gasteiger partial charge in [-0.15, -0.1) is 0 Å². The van der Waals surface area contributed by atoms with Gasteiger partial charge >= 0.3 is 13.3 Å². The van der Waals surface area contributed by atoms with Crippen molar-refractivity contribution in [2.75, 3.05) is 10.6 Å². The van der Waals surface area contributed by atoms with Gasteiger partial charge < -0.3 is 25.3 Å². The summed E-state index contributed by atoms with van der Waals surface area (Å²) in [6, 6.07) is 13.1. The fraction of sp³-hybridized carbons (Fsp3) is 0.488. The lowest BCUT2D eigenvalue weighted by molar-refractivity contribution is -0.199. The molecule has 0 unspecified atom stereocenters. The molecule has 3 saturated carbocycles. The largest absolute Gasteiger partial charge is 0.481 e. The first kappa shape index (κ1) is 38.1. The third kappa shape index (κ3) is 6.46. The van der Waals surface area contributed by atoms with Crippen LogP contribution in [0.4, 0.5) is 24.7 Å². The van der Waals surface area contributed by atoms with Crippen molar-refractivity contribution in [2.24, 2.45) is 17.3 Å². The van der Waals surface area contributed by atoms with Gasteiger partial charge in [0.25, 0.3) is 5.56 Å².